The molecule has 1 amide bonds. The van der Waals surface area contributed by atoms with E-state index >= 15 is 0 Å². The molecule has 1 heterocycles. The van der Waals surface area contributed by atoms with Crippen LogP contribution in [0.4, 0.5) is 0 Å². The largest absolute Gasteiger partial charge is 0.497 e. The summed E-state index contributed by atoms with van der Waals surface area (Å²) in [6.07, 6.45) is 1.61. The number of ether oxygens (including phenoxy) is 2. The van der Waals surface area contributed by atoms with Gasteiger partial charge >= 0.3 is 0 Å². The molecule has 1 aromatic carbocycles. The molecule has 0 aliphatic carbocycles. The van der Waals surface area contributed by atoms with Gasteiger partial charge in [-0.3, -0.25) is 4.79 Å². The predicted molar refractivity (Wildman–Crippen MR) is 82.1 cm³/mol. The first-order chi connectivity index (χ1) is 10.00. The molecule has 0 aliphatic heterocycles. The second-order valence-corrected chi connectivity index (χ2v) is 5.93. The first kappa shape index (κ1) is 15.3. The Bertz CT molecular complexity index is 597. The lowest BCUT2D eigenvalue weighted by Crippen LogP contribution is -2.42. The summed E-state index contributed by atoms with van der Waals surface area (Å²) in [4.78, 5) is 12.5. The minimum Gasteiger partial charge on any atom is -0.497 e. The number of methoxy groups -OCH3 is 1. The van der Waals surface area contributed by atoms with Crippen LogP contribution in [0.1, 0.15) is 23.5 Å². The smallest absolute Gasteiger partial charge is 0.263 e. The molecule has 21 heavy (non-hydrogen) atoms. The van der Waals surface area contributed by atoms with E-state index in [1.807, 2.05) is 38.1 Å². The van der Waals surface area contributed by atoms with Gasteiger partial charge in [0.1, 0.15) is 22.0 Å². The summed E-state index contributed by atoms with van der Waals surface area (Å²) in [7, 11) is 1.61. The van der Waals surface area contributed by atoms with Crippen LogP contribution in [0.15, 0.2) is 36.5 Å². The number of carbonyl (C=O) groups excluding carboxylic acids is 1. The number of carbonyl (C=O) groups is 1. The van der Waals surface area contributed by atoms with Crippen LogP contribution in [0.3, 0.4) is 0 Å². The van der Waals surface area contributed by atoms with Crippen LogP contribution in [0.2, 0.25) is 0 Å². The third-order valence-electron chi connectivity index (χ3n) is 2.77. The van der Waals surface area contributed by atoms with Crippen LogP contribution >= 0.6 is 11.5 Å². The van der Waals surface area contributed by atoms with Crippen molar-refractivity contribution in [1.29, 1.82) is 0 Å². The van der Waals surface area contributed by atoms with E-state index in [9.17, 15) is 4.79 Å². The van der Waals surface area contributed by atoms with E-state index in [-0.39, 0.29) is 5.91 Å². The monoisotopic (exact) mass is 306 g/mol. The standard InChI is InChI=1S/C15H18N2O3S/c1-15(2,10-16-14(18)13-7-8-17-21-13)20-12-6-4-5-11(9-12)19-3/h4-9H,10H2,1-3H3,(H,16,18). The van der Waals surface area contributed by atoms with Gasteiger partial charge in [-0.05, 0) is 43.6 Å². The third-order valence-corrected chi connectivity index (χ3v) is 3.52. The van der Waals surface area contributed by atoms with Crippen molar-refractivity contribution in [1.82, 2.24) is 9.69 Å². The second-order valence-electron chi connectivity index (χ2n) is 5.10. The maximum atomic E-state index is 11.9. The fourth-order valence-corrected chi connectivity index (χ4v) is 2.25. The normalized spacial score (nSPS) is 11.0. The molecule has 1 aromatic heterocycles. The zero-order chi connectivity index (χ0) is 15.3. The van der Waals surface area contributed by atoms with Crippen molar-refractivity contribution in [3.05, 3.63) is 41.4 Å². The Morgan fingerprint density at radius 3 is 2.76 bits per heavy atom. The lowest BCUT2D eigenvalue weighted by Gasteiger charge is -2.26. The molecular weight excluding hydrogens is 288 g/mol. The van der Waals surface area contributed by atoms with E-state index < -0.39 is 5.60 Å². The topological polar surface area (TPSA) is 60.5 Å². The van der Waals surface area contributed by atoms with E-state index in [1.54, 1.807) is 19.4 Å². The molecular formula is C15H18N2O3S. The molecule has 0 unspecified atom stereocenters. The van der Waals surface area contributed by atoms with E-state index in [4.69, 9.17) is 9.47 Å². The molecule has 0 bridgehead atoms. The van der Waals surface area contributed by atoms with Crippen molar-refractivity contribution in [2.45, 2.75) is 19.4 Å². The SMILES string of the molecule is COc1cccc(OC(C)(C)CNC(=O)c2ccns2)c1. The van der Waals surface area contributed by atoms with Crippen molar-refractivity contribution < 1.29 is 14.3 Å². The molecule has 0 saturated heterocycles. The van der Waals surface area contributed by atoms with E-state index in [0.717, 1.165) is 5.75 Å². The third kappa shape index (κ3) is 4.46. The van der Waals surface area contributed by atoms with Gasteiger partial charge in [-0.1, -0.05) is 6.07 Å². The van der Waals surface area contributed by atoms with E-state index in [0.29, 0.717) is 17.2 Å². The quantitative estimate of drug-likeness (QED) is 0.891. The van der Waals surface area contributed by atoms with Gasteiger partial charge < -0.3 is 14.8 Å². The van der Waals surface area contributed by atoms with Crippen LogP contribution in [-0.4, -0.2) is 29.5 Å². The number of aromatic nitrogens is 1. The van der Waals surface area contributed by atoms with Crippen LogP contribution in [-0.2, 0) is 0 Å². The Labute approximate surface area is 128 Å². The molecule has 0 aliphatic rings. The Balaban J connectivity index is 1.93. The second kappa shape index (κ2) is 6.58. The van der Waals surface area contributed by atoms with Gasteiger partial charge in [-0.15, -0.1) is 0 Å². The van der Waals surface area contributed by atoms with Crippen molar-refractivity contribution in [2.75, 3.05) is 13.7 Å². The van der Waals surface area contributed by atoms with Gasteiger partial charge in [0.2, 0.25) is 0 Å². The summed E-state index contributed by atoms with van der Waals surface area (Å²) in [5.74, 6) is 1.29. The summed E-state index contributed by atoms with van der Waals surface area (Å²) in [5.41, 5.74) is -0.535. The molecule has 0 atom stereocenters. The summed E-state index contributed by atoms with van der Waals surface area (Å²) in [5, 5.41) is 2.85. The summed E-state index contributed by atoms with van der Waals surface area (Å²) < 4.78 is 15.0. The highest BCUT2D eigenvalue weighted by Gasteiger charge is 2.21. The van der Waals surface area contributed by atoms with Crippen molar-refractivity contribution in [2.24, 2.45) is 0 Å². The molecule has 112 valence electrons. The first-order valence-corrected chi connectivity index (χ1v) is 7.29. The number of amides is 1. The molecule has 0 spiro atoms. The van der Waals surface area contributed by atoms with E-state index in [2.05, 4.69) is 9.69 Å². The lowest BCUT2D eigenvalue weighted by atomic mass is 10.1. The van der Waals surface area contributed by atoms with Crippen LogP contribution < -0.4 is 14.8 Å². The Morgan fingerprint density at radius 2 is 2.10 bits per heavy atom. The van der Waals surface area contributed by atoms with Gasteiger partial charge in [-0.2, -0.15) is 0 Å². The highest BCUT2D eigenvalue weighted by molar-refractivity contribution is 7.08. The van der Waals surface area contributed by atoms with Crippen LogP contribution in [0.5, 0.6) is 11.5 Å². The molecule has 0 saturated carbocycles. The first-order valence-electron chi connectivity index (χ1n) is 6.52. The zero-order valence-corrected chi connectivity index (χ0v) is 13.1. The summed E-state index contributed by atoms with van der Waals surface area (Å²) >= 11 is 1.17. The Kier molecular flexibility index (Phi) is 4.80. The summed E-state index contributed by atoms with van der Waals surface area (Å²) in [6.45, 7) is 4.22. The Morgan fingerprint density at radius 1 is 1.33 bits per heavy atom. The number of rotatable bonds is 6. The molecule has 6 heteroatoms. The van der Waals surface area contributed by atoms with Crippen molar-refractivity contribution in [3.63, 3.8) is 0 Å². The summed E-state index contributed by atoms with van der Waals surface area (Å²) in [6, 6.07) is 9.07. The average Bonchev–Trinajstić information content (AvgIpc) is 2.99. The van der Waals surface area contributed by atoms with E-state index in [1.165, 1.54) is 11.5 Å². The number of benzene rings is 1. The molecule has 0 fully saturated rings. The molecule has 0 radical (unpaired) electrons. The van der Waals surface area contributed by atoms with Gasteiger partial charge in [0.05, 0.1) is 13.7 Å². The molecule has 1 N–H and O–H groups in total. The molecule has 2 aromatic rings. The maximum Gasteiger partial charge on any atom is 0.263 e. The molecule has 5 nitrogen and oxygen atoms in total. The average molecular weight is 306 g/mol. The van der Waals surface area contributed by atoms with Crippen LogP contribution in [0, 0.1) is 0 Å². The van der Waals surface area contributed by atoms with Gasteiger partial charge in [-0.25, -0.2) is 4.37 Å². The number of nitrogens with zero attached hydrogens (tertiary/aromatic N) is 1. The number of hydrogen-bond donors (Lipinski definition) is 1. The van der Waals surface area contributed by atoms with Crippen molar-refractivity contribution in [3.8, 4) is 11.5 Å². The van der Waals surface area contributed by atoms with Gasteiger partial charge in [0.15, 0.2) is 0 Å². The zero-order valence-electron chi connectivity index (χ0n) is 12.3. The Hall–Kier alpha value is -2.08. The van der Waals surface area contributed by atoms with Crippen molar-refractivity contribution >= 4 is 17.4 Å². The minimum absolute atomic E-state index is 0.139. The minimum atomic E-state index is -0.535. The molecule has 2 rings (SSSR count). The van der Waals surface area contributed by atoms with Crippen LogP contribution in [0.25, 0.3) is 0 Å². The lowest BCUT2D eigenvalue weighted by molar-refractivity contribution is 0.0827. The van der Waals surface area contributed by atoms with Gasteiger partial charge in [0.25, 0.3) is 5.91 Å². The van der Waals surface area contributed by atoms with Gasteiger partial charge in [0, 0.05) is 12.3 Å². The predicted octanol–water partition coefficient (Wildman–Crippen LogP) is 2.74. The fraction of sp³-hybridized carbons (Fsp3) is 0.333. The fourth-order valence-electron chi connectivity index (χ4n) is 1.73. The highest BCUT2D eigenvalue weighted by atomic mass is 32.1. The maximum absolute atomic E-state index is 11.9. The number of hydrogen-bond acceptors (Lipinski definition) is 5. The highest BCUT2D eigenvalue weighted by Crippen LogP contribution is 2.23. The number of nitrogens with one attached hydrogen (secondary N) is 1.